The van der Waals surface area contributed by atoms with E-state index in [1.807, 2.05) is 0 Å². The normalized spacial score (nSPS) is 24.4. The maximum atomic E-state index is 12.9. The molecule has 0 aliphatic carbocycles. The molecule has 3 heterocycles. The van der Waals surface area contributed by atoms with Crippen molar-refractivity contribution in [3.63, 3.8) is 0 Å². The van der Waals surface area contributed by atoms with E-state index in [4.69, 9.17) is 9.47 Å². The van der Waals surface area contributed by atoms with E-state index in [1.54, 1.807) is 23.1 Å². The number of alkyl halides is 2. The van der Waals surface area contributed by atoms with Gasteiger partial charge in [-0.15, -0.1) is 0 Å². The summed E-state index contributed by atoms with van der Waals surface area (Å²) in [6.45, 7) is 2.43. The number of para-hydroxylation sites is 1. The monoisotopic (exact) mass is 337 g/mol. The SMILES string of the molecule is O=C(c1cccc2[nH]c(C(F)F)nc12)N1CCO[C@]2(CCOC2)C1. The van der Waals surface area contributed by atoms with Crippen LogP contribution in [0.2, 0.25) is 0 Å². The summed E-state index contributed by atoms with van der Waals surface area (Å²) in [5.74, 6) is -0.643. The van der Waals surface area contributed by atoms with Crippen molar-refractivity contribution in [3.8, 4) is 0 Å². The van der Waals surface area contributed by atoms with E-state index in [0.29, 0.717) is 44.0 Å². The second-order valence-corrected chi connectivity index (χ2v) is 6.19. The highest BCUT2D eigenvalue weighted by molar-refractivity contribution is 6.05. The summed E-state index contributed by atoms with van der Waals surface area (Å²) in [6.07, 6.45) is -1.96. The molecule has 1 amide bonds. The van der Waals surface area contributed by atoms with Crippen molar-refractivity contribution < 1.29 is 23.0 Å². The Hall–Kier alpha value is -2.06. The van der Waals surface area contributed by atoms with Gasteiger partial charge in [0.15, 0.2) is 5.82 Å². The number of nitrogens with one attached hydrogen (secondary N) is 1. The minimum Gasteiger partial charge on any atom is -0.378 e. The van der Waals surface area contributed by atoms with Crippen LogP contribution in [0.4, 0.5) is 8.78 Å². The van der Waals surface area contributed by atoms with Gasteiger partial charge >= 0.3 is 0 Å². The Balaban J connectivity index is 1.65. The number of morpholine rings is 1. The van der Waals surface area contributed by atoms with E-state index in [0.717, 1.165) is 6.42 Å². The smallest absolute Gasteiger partial charge is 0.295 e. The molecule has 8 heteroatoms. The van der Waals surface area contributed by atoms with Crippen molar-refractivity contribution in [2.24, 2.45) is 0 Å². The number of halogens is 2. The van der Waals surface area contributed by atoms with Crippen LogP contribution in [0.15, 0.2) is 18.2 Å². The fraction of sp³-hybridized carbons (Fsp3) is 0.500. The molecule has 2 aromatic rings. The number of nitrogens with zero attached hydrogens (tertiary/aromatic N) is 2. The first-order valence-corrected chi connectivity index (χ1v) is 7.86. The van der Waals surface area contributed by atoms with Gasteiger partial charge in [0.05, 0.1) is 30.8 Å². The molecule has 2 aliphatic rings. The number of rotatable bonds is 2. The number of fused-ring (bicyclic) bond motifs is 1. The third-order valence-electron chi connectivity index (χ3n) is 4.57. The zero-order chi connectivity index (χ0) is 16.7. The molecular weight excluding hydrogens is 320 g/mol. The Morgan fingerprint density at radius 1 is 1.38 bits per heavy atom. The number of hydrogen-bond acceptors (Lipinski definition) is 4. The van der Waals surface area contributed by atoms with E-state index in [1.165, 1.54) is 0 Å². The van der Waals surface area contributed by atoms with Gasteiger partial charge in [-0.05, 0) is 12.1 Å². The molecular formula is C16H17F2N3O3. The first kappa shape index (κ1) is 15.5. The van der Waals surface area contributed by atoms with Crippen LogP contribution in [0.1, 0.15) is 29.0 Å². The van der Waals surface area contributed by atoms with Crippen molar-refractivity contribution >= 4 is 16.9 Å². The van der Waals surface area contributed by atoms with Gasteiger partial charge in [0.1, 0.15) is 11.1 Å². The molecule has 6 nitrogen and oxygen atoms in total. The lowest BCUT2D eigenvalue weighted by Crippen LogP contribution is -2.54. The van der Waals surface area contributed by atoms with Crippen molar-refractivity contribution in [1.29, 1.82) is 0 Å². The first-order valence-electron chi connectivity index (χ1n) is 7.86. The predicted octanol–water partition coefficient (Wildman–Crippen LogP) is 2.13. The quantitative estimate of drug-likeness (QED) is 0.912. The summed E-state index contributed by atoms with van der Waals surface area (Å²) >= 11 is 0. The lowest BCUT2D eigenvalue weighted by molar-refractivity contribution is -0.0995. The average Bonchev–Trinajstić information content (AvgIpc) is 3.21. The summed E-state index contributed by atoms with van der Waals surface area (Å²) in [4.78, 5) is 21.1. The summed E-state index contributed by atoms with van der Waals surface area (Å²) in [5.41, 5.74) is 0.595. The largest absolute Gasteiger partial charge is 0.378 e. The Morgan fingerprint density at radius 3 is 3.00 bits per heavy atom. The summed E-state index contributed by atoms with van der Waals surface area (Å²) in [6, 6.07) is 4.92. The first-order chi connectivity index (χ1) is 11.6. The van der Waals surface area contributed by atoms with Gasteiger partial charge in [-0.1, -0.05) is 6.07 Å². The number of aromatic amines is 1. The summed E-state index contributed by atoms with van der Waals surface area (Å²) in [5, 5.41) is 0. The number of H-pyrrole nitrogens is 1. The molecule has 1 atom stereocenters. The number of imidazole rings is 1. The summed E-state index contributed by atoms with van der Waals surface area (Å²) < 4.78 is 37.0. The minimum absolute atomic E-state index is 0.220. The molecule has 1 aromatic heterocycles. The maximum absolute atomic E-state index is 12.9. The molecule has 1 N–H and O–H groups in total. The van der Waals surface area contributed by atoms with Crippen LogP contribution < -0.4 is 0 Å². The Bertz CT molecular complexity index is 771. The van der Waals surface area contributed by atoms with Crippen LogP contribution in [-0.2, 0) is 9.47 Å². The fourth-order valence-corrected chi connectivity index (χ4v) is 3.34. The van der Waals surface area contributed by atoms with E-state index in [-0.39, 0.29) is 11.4 Å². The molecule has 128 valence electrons. The highest BCUT2D eigenvalue weighted by atomic mass is 19.3. The van der Waals surface area contributed by atoms with E-state index < -0.39 is 17.9 Å². The van der Waals surface area contributed by atoms with E-state index in [9.17, 15) is 13.6 Å². The molecule has 1 aromatic carbocycles. The fourth-order valence-electron chi connectivity index (χ4n) is 3.34. The third kappa shape index (κ3) is 2.55. The van der Waals surface area contributed by atoms with Crippen molar-refractivity contribution in [2.75, 3.05) is 32.9 Å². The Morgan fingerprint density at radius 2 is 2.25 bits per heavy atom. The van der Waals surface area contributed by atoms with E-state index >= 15 is 0 Å². The minimum atomic E-state index is -2.71. The van der Waals surface area contributed by atoms with Crippen LogP contribution in [0, 0.1) is 0 Å². The highest BCUT2D eigenvalue weighted by Crippen LogP contribution is 2.29. The standard InChI is InChI=1S/C16H17F2N3O3/c17-13(18)14-19-11-3-1-2-10(12(11)20-14)15(22)21-5-7-24-16(8-21)4-6-23-9-16/h1-3,13H,4-9H2,(H,19,20)/t16-/m1/s1. The second-order valence-electron chi connectivity index (χ2n) is 6.19. The molecule has 0 saturated carbocycles. The number of aromatic nitrogens is 2. The van der Waals surface area contributed by atoms with E-state index in [2.05, 4.69) is 9.97 Å². The molecule has 1 spiro atoms. The van der Waals surface area contributed by atoms with Gasteiger partial charge in [-0.3, -0.25) is 4.79 Å². The molecule has 4 rings (SSSR count). The molecule has 2 aliphatic heterocycles. The number of amides is 1. The van der Waals surface area contributed by atoms with Crippen LogP contribution in [0.3, 0.4) is 0 Å². The van der Waals surface area contributed by atoms with Crippen molar-refractivity contribution in [1.82, 2.24) is 14.9 Å². The Kier molecular flexibility index (Phi) is 3.73. The Labute approximate surface area is 136 Å². The highest BCUT2D eigenvalue weighted by Gasteiger charge is 2.42. The van der Waals surface area contributed by atoms with Crippen LogP contribution in [0.25, 0.3) is 11.0 Å². The van der Waals surface area contributed by atoms with Crippen LogP contribution >= 0.6 is 0 Å². The number of ether oxygens (including phenoxy) is 2. The van der Waals surface area contributed by atoms with Crippen LogP contribution in [-0.4, -0.2) is 59.3 Å². The zero-order valence-electron chi connectivity index (χ0n) is 12.9. The van der Waals surface area contributed by atoms with Crippen molar-refractivity contribution in [2.45, 2.75) is 18.4 Å². The molecule has 0 radical (unpaired) electrons. The number of hydrogen-bond donors (Lipinski definition) is 1. The summed E-state index contributed by atoms with van der Waals surface area (Å²) in [7, 11) is 0. The van der Waals surface area contributed by atoms with Gasteiger partial charge in [0.2, 0.25) is 0 Å². The second kappa shape index (κ2) is 5.78. The topological polar surface area (TPSA) is 67.5 Å². The molecule has 0 bridgehead atoms. The third-order valence-corrected chi connectivity index (χ3v) is 4.57. The number of carbonyl (C=O) groups excluding carboxylic acids is 1. The zero-order valence-corrected chi connectivity index (χ0v) is 12.9. The molecule has 24 heavy (non-hydrogen) atoms. The van der Waals surface area contributed by atoms with Crippen molar-refractivity contribution in [3.05, 3.63) is 29.6 Å². The lowest BCUT2D eigenvalue weighted by atomic mass is 10.00. The lowest BCUT2D eigenvalue weighted by Gasteiger charge is -2.39. The van der Waals surface area contributed by atoms with Crippen LogP contribution in [0.5, 0.6) is 0 Å². The van der Waals surface area contributed by atoms with Gasteiger partial charge in [0, 0.05) is 19.6 Å². The number of benzene rings is 1. The predicted molar refractivity (Wildman–Crippen MR) is 81.1 cm³/mol. The molecule has 0 unspecified atom stereocenters. The number of carbonyl (C=O) groups is 1. The van der Waals surface area contributed by atoms with Gasteiger partial charge in [-0.25, -0.2) is 13.8 Å². The van der Waals surface area contributed by atoms with Gasteiger partial charge in [-0.2, -0.15) is 0 Å². The van der Waals surface area contributed by atoms with Gasteiger partial charge in [0.25, 0.3) is 12.3 Å². The molecule has 2 saturated heterocycles. The van der Waals surface area contributed by atoms with Gasteiger partial charge < -0.3 is 19.4 Å². The average molecular weight is 337 g/mol. The maximum Gasteiger partial charge on any atom is 0.295 e. The molecule has 2 fully saturated rings.